The fraction of sp³-hybridized carbons (Fsp3) is 0.387. The molecule has 0 saturated carbocycles. The van der Waals surface area contributed by atoms with E-state index in [0.29, 0.717) is 30.9 Å². The number of rotatable bonds is 8. The van der Waals surface area contributed by atoms with E-state index in [1.165, 1.54) is 38.4 Å². The van der Waals surface area contributed by atoms with Crippen molar-refractivity contribution in [2.24, 2.45) is 0 Å². The molecule has 222 valence electrons. The molecule has 1 atom stereocenters. The molecule has 2 aromatic carbocycles. The number of anilines is 1. The number of hydrogen-bond acceptors (Lipinski definition) is 7. The summed E-state index contributed by atoms with van der Waals surface area (Å²) in [7, 11) is -0.107. The first kappa shape index (κ1) is 29.7. The number of carbonyl (C=O) groups excluding carboxylic acids is 3. The summed E-state index contributed by atoms with van der Waals surface area (Å²) in [6.45, 7) is 5.22. The highest BCUT2D eigenvalue weighted by atomic mass is 32.2. The Balaban J connectivity index is 1.65. The van der Waals surface area contributed by atoms with Crippen LogP contribution in [-0.2, 0) is 29.9 Å². The molecule has 3 aliphatic heterocycles. The number of amides is 2. The molecule has 2 fully saturated rings. The number of ketones is 1. The van der Waals surface area contributed by atoms with Gasteiger partial charge < -0.3 is 19.8 Å². The Kier molecular flexibility index (Phi) is 8.10. The van der Waals surface area contributed by atoms with E-state index in [4.69, 9.17) is 0 Å². The molecule has 11 heteroatoms. The van der Waals surface area contributed by atoms with Crippen molar-refractivity contribution in [3.63, 3.8) is 0 Å². The highest BCUT2D eigenvalue weighted by Crippen LogP contribution is 2.53. The molecule has 3 heterocycles. The second-order valence-electron chi connectivity index (χ2n) is 11.1. The zero-order chi connectivity index (χ0) is 30.2. The second kappa shape index (κ2) is 11.5. The Morgan fingerprint density at radius 2 is 1.64 bits per heavy atom. The Morgan fingerprint density at radius 1 is 1.00 bits per heavy atom. The zero-order valence-corrected chi connectivity index (χ0v) is 24.8. The molecule has 1 N–H and O–H groups in total. The first-order chi connectivity index (χ1) is 20.1. The van der Waals surface area contributed by atoms with Gasteiger partial charge in [-0.1, -0.05) is 37.1 Å². The van der Waals surface area contributed by atoms with Crippen LogP contribution in [0.5, 0.6) is 0 Å². The van der Waals surface area contributed by atoms with Gasteiger partial charge in [0.05, 0.1) is 16.2 Å². The van der Waals surface area contributed by atoms with E-state index < -0.39 is 38.9 Å². The van der Waals surface area contributed by atoms with Crippen molar-refractivity contribution in [1.29, 1.82) is 0 Å². The summed E-state index contributed by atoms with van der Waals surface area (Å²) in [6, 6.07) is 12.5. The van der Waals surface area contributed by atoms with Gasteiger partial charge in [-0.05, 0) is 57.3 Å². The number of para-hydroxylation sites is 1. The molecule has 3 aliphatic rings. The fourth-order valence-electron chi connectivity index (χ4n) is 6.14. The summed E-state index contributed by atoms with van der Waals surface area (Å²) >= 11 is 0. The van der Waals surface area contributed by atoms with Gasteiger partial charge in [-0.25, -0.2) is 8.42 Å². The van der Waals surface area contributed by atoms with Gasteiger partial charge in [0.25, 0.3) is 17.6 Å². The van der Waals surface area contributed by atoms with Crippen molar-refractivity contribution >= 4 is 39.1 Å². The van der Waals surface area contributed by atoms with Crippen LogP contribution in [0.15, 0.2) is 71.7 Å². The van der Waals surface area contributed by atoms with Crippen LogP contribution in [0.1, 0.15) is 36.8 Å². The minimum absolute atomic E-state index is 0.0589. The normalized spacial score (nSPS) is 22.7. The largest absolute Gasteiger partial charge is 0.507 e. The highest BCUT2D eigenvalue weighted by Gasteiger charge is 2.66. The quantitative estimate of drug-likeness (QED) is 0.217. The third kappa shape index (κ3) is 4.65. The lowest BCUT2D eigenvalue weighted by molar-refractivity contribution is -0.143. The van der Waals surface area contributed by atoms with Crippen LogP contribution in [0, 0.1) is 0 Å². The summed E-state index contributed by atoms with van der Waals surface area (Å²) in [6.07, 6.45) is 5.12. The molecule has 2 saturated heterocycles. The van der Waals surface area contributed by atoms with Crippen molar-refractivity contribution < 1.29 is 27.9 Å². The molecule has 1 spiro atoms. The first-order valence-electron chi connectivity index (χ1n) is 14.1. The van der Waals surface area contributed by atoms with Gasteiger partial charge in [0.1, 0.15) is 5.76 Å². The second-order valence-corrected chi connectivity index (χ2v) is 13.0. The summed E-state index contributed by atoms with van der Waals surface area (Å²) in [5.74, 6) is -2.94. The molecule has 0 aromatic heterocycles. The van der Waals surface area contributed by atoms with E-state index >= 15 is 0 Å². The fourth-order valence-corrected chi connectivity index (χ4v) is 7.65. The number of fused-ring (bicyclic) bond motifs is 2. The van der Waals surface area contributed by atoms with Crippen molar-refractivity contribution in [3.05, 3.63) is 77.9 Å². The van der Waals surface area contributed by atoms with E-state index in [2.05, 4.69) is 6.58 Å². The van der Waals surface area contributed by atoms with Gasteiger partial charge in [-0.15, -0.1) is 6.58 Å². The maximum Gasteiger partial charge on any atom is 0.296 e. The Hall–Kier alpha value is -3.80. The predicted octanol–water partition coefficient (Wildman–Crippen LogP) is 2.92. The Bertz CT molecular complexity index is 1560. The van der Waals surface area contributed by atoms with Gasteiger partial charge in [0.2, 0.25) is 10.0 Å². The molecule has 1 unspecified atom stereocenters. The van der Waals surface area contributed by atoms with Crippen LogP contribution in [0.2, 0.25) is 0 Å². The molecule has 42 heavy (non-hydrogen) atoms. The maximum absolute atomic E-state index is 14.3. The summed E-state index contributed by atoms with van der Waals surface area (Å²) < 4.78 is 28.1. The third-order valence-corrected chi connectivity index (χ3v) is 10.1. The highest BCUT2D eigenvalue weighted by molar-refractivity contribution is 7.89. The van der Waals surface area contributed by atoms with Crippen molar-refractivity contribution in [2.75, 3.05) is 51.7 Å². The number of likely N-dealkylation sites (tertiary alicyclic amines) is 1. The number of nitrogens with zero attached hydrogens (tertiary/aromatic N) is 4. The minimum atomic E-state index is -3.74. The summed E-state index contributed by atoms with van der Waals surface area (Å²) in [5, 5.41) is 11.7. The standard InChI is InChI=1S/C31H36N4O6S/c1-4-17-34-25-12-8-7-11-24(25)31(30(34)39)26(28(37)29(38)35(31)21-20-32(2)3)27(36)22-13-15-23(16-14-22)42(40,41)33-18-9-5-6-10-19-33/h4,7-8,11-16,36H,1,5-6,9-10,17-21H2,2-3H3/b27-26+. The number of hydrogen-bond donors (Lipinski definition) is 1. The number of likely N-dealkylation sites (N-methyl/N-ethyl adjacent to an activating group) is 1. The molecule has 0 bridgehead atoms. The Morgan fingerprint density at radius 3 is 2.26 bits per heavy atom. The van der Waals surface area contributed by atoms with E-state index in [0.717, 1.165) is 25.7 Å². The number of aliphatic hydroxyl groups is 1. The molecule has 10 nitrogen and oxygen atoms in total. The van der Waals surface area contributed by atoms with Gasteiger partial charge >= 0.3 is 0 Å². The van der Waals surface area contributed by atoms with Crippen LogP contribution < -0.4 is 4.90 Å². The molecular weight excluding hydrogens is 556 g/mol. The van der Waals surface area contributed by atoms with Crippen LogP contribution >= 0.6 is 0 Å². The minimum Gasteiger partial charge on any atom is -0.507 e. The molecule has 5 rings (SSSR count). The topological polar surface area (TPSA) is 119 Å². The van der Waals surface area contributed by atoms with Gasteiger partial charge in [-0.2, -0.15) is 4.31 Å². The van der Waals surface area contributed by atoms with Gasteiger partial charge in [-0.3, -0.25) is 14.4 Å². The van der Waals surface area contributed by atoms with Gasteiger partial charge in [0.15, 0.2) is 5.54 Å². The molecule has 0 radical (unpaired) electrons. The molecule has 0 aliphatic carbocycles. The molecule has 2 amide bonds. The van der Waals surface area contributed by atoms with Crippen molar-refractivity contribution in [3.8, 4) is 0 Å². The van der Waals surface area contributed by atoms with E-state index in [-0.39, 0.29) is 29.1 Å². The van der Waals surface area contributed by atoms with Crippen LogP contribution in [0.3, 0.4) is 0 Å². The smallest absolute Gasteiger partial charge is 0.296 e. The number of carbonyl (C=O) groups is 3. The van der Waals surface area contributed by atoms with Crippen LogP contribution in [0.25, 0.3) is 5.76 Å². The Labute approximate surface area is 246 Å². The summed E-state index contributed by atoms with van der Waals surface area (Å²) in [4.78, 5) is 46.2. The monoisotopic (exact) mass is 592 g/mol. The van der Waals surface area contributed by atoms with Crippen molar-refractivity contribution in [1.82, 2.24) is 14.1 Å². The summed E-state index contributed by atoms with van der Waals surface area (Å²) in [5.41, 5.74) is -1.16. The lowest BCUT2D eigenvalue weighted by atomic mass is 9.82. The third-order valence-electron chi connectivity index (χ3n) is 8.22. The van der Waals surface area contributed by atoms with Crippen molar-refractivity contribution in [2.45, 2.75) is 36.1 Å². The van der Waals surface area contributed by atoms with E-state index in [9.17, 15) is 27.9 Å². The number of aliphatic hydroxyl groups excluding tert-OH is 1. The first-order valence-corrected chi connectivity index (χ1v) is 15.6. The number of sulfonamides is 1. The number of Topliss-reactive ketones (excluding diaryl/α,β-unsaturated/α-hetero) is 1. The maximum atomic E-state index is 14.3. The molecular formula is C31H36N4O6S. The lowest BCUT2D eigenvalue weighted by Gasteiger charge is -2.35. The van der Waals surface area contributed by atoms with Crippen LogP contribution in [0.4, 0.5) is 5.69 Å². The SMILES string of the molecule is C=CCN1C(=O)C2(/C(=C(/O)c3ccc(S(=O)(=O)N4CCCCCC4)cc3)C(=O)C(=O)N2CCN(C)C)c2ccccc21. The molecule has 2 aromatic rings. The average Bonchev–Trinajstić information content (AvgIpc) is 3.19. The predicted molar refractivity (Wildman–Crippen MR) is 159 cm³/mol. The average molecular weight is 593 g/mol. The van der Waals surface area contributed by atoms with E-state index in [1.807, 2.05) is 19.0 Å². The lowest BCUT2D eigenvalue weighted by Crippen LogP contribution is -2.53. The number of benzene rings is 2. The van der Waals surface area contributed by atoms with E-state index in [1.54, 1.807) is 30.3 Å². The van der Waals surface area contributed by atoms with Crippen LogP contribution in [-0.4, -0.2) is 92.0 Å². The van der Waals surface area contributed by atoms with Gasteiger partial charge in [0, 0.05) is 43.9 Å². The zero-order valence-electron chi connectivity index (χ0n) is 24.0.